The lowest BCUT2D eigenvalue weighted by Crippen LogP contribution is -2.32. The van der Waals surface area contributed by atoms with Gasteiger partial charge in [0.1, 0.15) is 0 Å². The summed E-state index contributed by atoms with van der Waals surface area (Å²) in [6.07, 6.45) is 2.59. The van der Waals surface area contributed by atoms with Gasteiger partial charge in [-0.3, -0.25) is 9.69 Å². The van der Waals surface area contributed by atoms with E-state index in [2.05, 4.69) is 61.6 Å². The summed E-state index contributed by atoms with van der Waals surface area (Å²) in [5.41, 5.74) is 5.06. The predicted octanol–water partition coefficient (Wildman–Crippen LogP) is 4.46. The first-order chi connectivity index (χ1) is 13.2. The van der Waals surface area contributed by atoms with Gasteiger partial charge in [-0.25, -0.2) is 0 Å². The number of likely N-dealkylation sites (tertiary alicyclic amines) is 1. The summed E-state index contributed by atoms with van der Waals surface area (Å²) >= 11 is 3.55. The largest absolute Gasteiger partial charge is 0.356 e. The van der Waals surface area contributed by atoms with Crippen molar-refractivity contribution in [2.45, 2.75) is 31.7 Å². The molecule has 1 fully saturated rings. The molecule has 0 spiro atoms. The van der Waals surface area contributed by atoms with Crippen molar-refractivity contribution in [1.82, 2.24) is 10.1 Å². The van der Waals surface area contributed by atoms with Crippen molar-refractivity contribution in [3.05, 3.63) is 57.7 Å². The first-order valence-corrected chi connectivity index (χ1v) is 10.1. The number of rotatable bonds is 3. The van der Waals surface area contributed by atoms with E-state index in [4.69, 9.17) is 4.52 Å². The Morgan fingerprint density at radius 2 is 2.07 bits per heavy atom. The number of hydrogen-bond donors (Lipinski definition) is 1. The van der Waals surface area contributed by atoms with Crippen LogP contribution in [0.15, 0.2) is 45.4 Å². The van der Waals surface area contributed by atoms with Gasteiger partial charge in [-0.15, -0.1) is 0 Å². The minimum Gasteiger partial charge on any atom is -0.356 e. The van der Waals surface area contributed by atoms with Gasteiger partial charge in [0.2, 0.25) is 5.91 Å². The molecule has 138 valence electrons. The zero-order chi connectivity index (χ0) is 18.4. The quantitative estimate of drug-likeness (QED) is 0.672. The lowest BCUT2D eigenvalue weighted by molar-refractivity contribution is -0.115. The molecule has 2 aliphatic rings. The molecule has 3 heterocycles. The Balaban J connectivity index is 1.31. The number of carbonyl (C=O) groups excluding carboxylic acids is 1. The van der Waals surface area contributed by atoms with Crippen LogP contribution in [-0.2, 0) is 17.8 Å². The number of halogens is 1. The van der Waals surface area contributed by atoms with Crippen molar-refractivity contribution >= 4 is 38.5 Å². The van der Waals surface area contributed by atoms with Crippen LogP contribution in [0.25, 0.3) is 11.0 Å². The zero-order valence-corrected chi connectivity index (χ0v) is 16.5. The topological polar surface area (TPSA) is 58.4 Å². The van der Waals surface area contributed by atoms with E-state index in [1.165, 1.54) is 5.56 Å². The molecule has 0 saturated carbocycles. The average molecular weight is 426 g/mol. The highest BCUT2D eigenvalue weighted by atomic mass is 79.9. The molecule has 0 atom stereocenters. The van der Waals surface area contributed by atoms with Gasteiger partial charge in [0.05, 0.1) is 12.1 Å². The van der Waals surface area contributed by atoms with Crippen molar-refractivity contribution < 1.29 is 9.32 Å². The molecule has 0 aliphatic carbocycles. The first-order valence-electron chi connectivity index (χ1n) is 9.34. The van der Waals surface area contributed by atoms with E-state index in [9.17, 15) is 4.79 Å². The van der Waals surface area contributed by atoms with Gasteiger partial charge in [0.25, 0.3) is 0 Å². The highest BCUT2D eigenvalue weighted by molar-refractivity contribution is 9.10. The number of hydrogen-bond acceptors (Lipinski definition) is 4. The van der Waals surface area contributed by atoms with Crippen LogP contribution in [-0.4, -0.2) is 29.1 Å². The van der Waals surface area contributed by atoms with Crippen LogP contribution in [0.3, 0.4) is 0 Å². The molecule has 1 aromatic heterocycles. The molecular weight excluding hydrogens is 406 g/mol. The Morgan fingerprint density at radius 3 is 2.89 bits per heavy atom. The average Bonchev–Trinajstić information content (AvgIpc) is 3.22. The summed E-state index contributed by atoms with van der Waals surface area (Å²) in [6.45, 7) is 3.08. The van der Waals surface area contributed by atoms with E-state index in [1.807, 2.05) is 6.07 Å². The molecule has 3 aromatic rings. The number of fused-ring (bicyclic) bond motifs is 2. The second-order valence-corrected chi connectivity index (χ2v) is 8.39. The van der Waals surface area contributed by atoms with E-state index < -0.39 is 0 Å². The van der Waals surface area contributed by atoms with Crippen LogP contribution in [0.5, 0.6) is 0 Å². The maximum Gasteiger partial charge on any atom is 0.228 e. The Labute approximate surface area is 165 Å². The van der Waals surface area contributed by atoms with Gasteiger partial charge >= 0.3 is 0 Å². The van der Waals surface area contributed by atoms with Crippen molar-refractivity contribution in [2.75, 3.05) is 18.4 Å². The summed E-state index contributed by atoms with van der Waals surface area (Å²) in [6, 6.07) is 12.5. The molecule has 2 aromatic carbocycles. The summed E-state index contributed by atoms with van der Waals surface area (Å²) in [7, 11) is 0. The molecule has 0 unspecified atom stereocenters. The minimum atomic E-state index is 0.0491. The SMILES string of the molecule is O=C1Cc2cc3c(C4CCN(Cc5cccc(Br)c5)CC4)noc3cc2N1. The number of anilines is 1. The van der Waals surface area contributed by atoms with Crippen LogP contribution in [0.1, 0.15) is 35.6 Å². The van der Waals surface area contributed by atoms with Crippen LogP contribution >= 0.6 is 15.9 Å². The molecule has 27 heavy (non-hydrogen) atoms. The number of amides is 1. The summed E-state index contributed by atoms with van der Waals surface area (Å²) in [5.74, 6) is 0.459. The van der Waals surface area contributed by atoms with Gasteiger partial charge in [-0.05, 0) is 55.3 Å². The van der Waals surface area contributed by atoms with E-state index >= 15 is 0 Å². The number of aromatic nitrogens is 1. The van der Waals surface area contributed by atoms with Crippen molar-refractivity contribution in [3.63, 3.8) is 0 Å². The lowest BCUT2D eigenvalue weighted by atomic mass is 9.91. The Kier molecular flexibility index (Phi) is 4.25. The van der Waals surface area contributed by atoms with Crippen LogP contribution < -0.4 is 5.32 Å². The summed E-state index contributed by atoms with van der Waals surface area (Å²) in [4.78, 5) is 14.1. The number of piperidine rings is 1. The highest BCUT2D eigenvalue weighted by Gasteiger charge is 2.27. The fraction of sp³-hybridized carbons (Fsp3) is 0.333. The third kappa shape index (κ3) is 3.28. The van der Waals surface area contributed by atoms with Crippen LogP contribution in [0, 0.1) is 0 Å². The van der Waals surface area contributed by atoms with Crippen LogP contribution in [0.4, 0.5) is 5.69 Å². The third-order valence-corrected chi connectivity index (χ3v) is 6.11. The molecule has 5 rings (SSSR count). The Morgan fingerprint density at radius 1 is 1.22 bits per heavy atom. The van der Waals surface area contributed by atoms with Crippen molar-refractivity contribution in [1.29, 1.82) is 0 Å². The van der Waals surface area contributed by atoms with Gasteiger partial charge in [0, 0.05) is 34.1 Å². The fourth-order valence-corrected chi connectivity index (χ4v) is 4.68. The van der Waals surface area contributed by atoms with E-state index in [-0.39, 0.29) is 5.91 Å². The monoisotopic (exact) mass is 425 g/mol. The number of benzene rings is 2. The van der Waals surface area contributed by atoms with Crippen molar-refractivity contribution in [3.8, 4) is 0 Å². The zero-order valence-electron chi connectivity index (χ0n) is 14.9. The second kappa shape index (κ2) is 6.77. The molecular formula is C21H20BrN3O2. The van der Waals surface area contributed by atoms with E-state index in [1.54, 1.807) is 0 Å². The lowest BCUT2D eigenvalue weighted by Gasteiger charge is -2.31. The standard InChI is InChI=1S/C21H20BrN3O2/c22-16-3-1-2-13(8-16)12-25-6-4-14(5-7-25)21-17-9-15-10-20(26)23-18(15)11-19(17)27-24-21/h1-3,8-9,11,14H,4-7,10,12H2,(H,23,26). The second-order valence-electron chi connectivity index (χ2n) is 7.48. The minimum absolute atomic E-state index is 0.0491. The van der Waals surface area contributed by atoms with Crippen molar-refractivity contribution in [2.24, 2.45) is 0 Å². The fourth-order valence-electron chi connectivity index (χ4n) is 4.23. The molecule has 1 amide bonds. The first kappa shape index (κ1) is 17.0. The molecule has 0 radical (unpaired) electrons. The Hall–Kier alpha value is -2.18. The summed E-state index contributed by atoms with van der Waals surface area (Å²) < 4.78 is 6.71. The molecule has 1 saturated heterocycles. The highest BCUT2D eigenvalue weighted by Crippen LogP contribution is 2.36. The van der Waals surface area contributed by atoms with Gasteiger partial charge in [0.15, 0.2) is 5.58 Å². The molecule has 6 heteroatoms. The number of nitrogens with one attached hydrogen (secondary N) is 1. The van der Waals surface area contributed by atoms with Gasteiger partial charge < -0.3 is 9.84 Å². The van der Waals surface area contributed by atoms with E-state index in [0.29, 0.717) is 12.3 Å². The molecule has 0 bridgehead atoms. The molecule has 1 N–H and O–H groups in total. The Bertz CT molecular complexity index is 1020. The van der Waals surface area contributed by atoms with Gasteiger partial charge in [-0.2, -0.15) is 0 Å². The summed E-state index contributed by atoms with van der Waals surface area (Å²) in [5, 5.41) is 8.33. The van der Waals surface area contributed by atoms with Crippen LogP contribution in [0.2, 0.25) is 0 Å². The smallest absolute Gasteiger partial charge is 0.228 e. The maximum atomic E-state index is 11.6. The maximum absolute atomic E-state index is 11.6. The number of nitrogens with zero attached hydrogens (tertiary/aromatic N) is 2. The predicted molar refractivity (Wildman–Crippen MR) is 108 cm³/mol. The van der Waals surface area contributed by atoms with E-state index in [0.717, 1.165) is 64.9 Å². The molecule has 2 aliphatic heterocycles. The molecule has 5 nitrogen and oxygen atoms in total. The number of carbonyl (C=O) groups is 1. The third-order valence-electron chi connectivity index (χ3n) is 5.62. The normalized spacial score (nSPS) is 18.0. The van der Waals surface area contributed by atoms with Gasteiger partial charge in [-0.1, -0.05) is 33.2 Å².